The Labute approximate surface area is 179 Å². The fourth-order valence-corrected chi connectivity index (χ4v) is 4.10. The molecule has 0 aliphatic carbocycles. The SMILES string of the molecule is CS(=O)(=O)c1cc(C(=O)Nc2cc(C(N)=O)ccc2N2CCCCC2)cc([N+](=O)[O-])c1. The van der Waals surface area contributed by atoms with Crippen molar-refractivity contribution in [3.05, 3.63) is 57.6 Å². The standard InChI is InChI=1S/C20H22N4O6S/c1-31(29,30)16-10-14(9-15(12-16)24(27)28)20(26)22-17-11-13(19(21)25)5-6-18(17)23-7-3-2-4-8-23/h5-6,9-12H,2-4,7-8H2,1H3,(H2,21,25)(H,22,26). The van der Waals surface area contributed by atoms with Gasteiger partial charge in [0, 0.05) is 42.6 Å². The number of anilines is 2. The van der Waals surface area contributed by atoms with Crippen molar-refractivity contribution in [1.29, 1.82) is 0 Å². The molecule has 2 aromatic carbocycles. The summed E-state index contributed by atoms with van der Waals surface area (Å²) in [5, 5.41) is 13.9. The summed E-state index contributed by atoms with van der Waals surface area (Å²) in [4.78, 5) is 36.7. The van der Waals surface area contributed by atoms with Crippen LogP contribution in [0.15, 0.2) is 41.3 Å². The number of carbonyl (C=O) groups excluding carboxylic acids is 2. The first-order chi connectivity index (χ1) is 14.6. The third-order valence-electron chi connectivity index (χ3n) is 5.02. The first-order valence-corrected chi connectivity index (χ1v) is 11.4. The zero-order valence-corrected chi connectivity index (χ0v) is 17.6. The van der Waals surface area contributed by atoms with E-state index in [-0.39, 0.29) is 16.0 Å². The van der Waals surface area contributed by atoms with Gasteiger partial charge in [0.25, 0.3) is 11.6 Å². The van der Waals surface area contributed by atoms with Crippen molar-refractivity contribution in [2.75, 3.05) is 29.6 Å². The quantitative estimate of drug-likeness (QED) is 0.510. The summed E-state index contributed by atoms with van der Waals surface area (Å²) in [6, 6.07) is 7.68. The van der Waals surface area contributed by atoms with Crippen LogP contribution >= 0.6 is 0 Å². The smallest absolute Gasteiger partial charge is 0.271 e. The summed E-state index contributed by atoms with van der Waals surface area (Å²) in [7, 11) is -3.78. The third kappa shape index (κ3) is 5.18. The van der Waals surface area contributed by atoms with E-state index < -0.39 is 32.3 Å². The second-order valence-corrected chi connectivity index (χ2v) is 9.36. The molecule has 1 aliphatic rings. The highest BCUT2D eigenvalue weighted by molar-refractivity contribution is 7.90. The highest BCUT2D eigenvalue weighted by Crippen LogP contribution is 2.31. The number of nitrogens with two attached hydrogens (primary N) is 1. The number of rotatable bonds is 6. The molecule has 1 saturated heterocycles. The summed E-state index contributed by atoms with van der Waals surface area (Å²) in [6.07, 6.45) is 3.96. The zero-order valence-electron chi connectivity index (χ0n) is 16.8. The lowest BCUT2D eigenvalue weighted by Gasteiger charge is -2.30. The summed E-state index contributed by atoms with van der Waals surface area (Å²) >= 11 is 0. The van der Waals surface area contributed by atoms with E-state index in [0.717, 1.165) is 56.8 Å². The van der Waals surface area contributed by atoms with Crippen molar-refractivity contribution < 1.29 is 22.9 Å². The Morgan fingerprint density at radius 1 is 1.06 bits per heavy atom. The minimum atomic E-state index is -3.78. The van der Waals surface area contributed by atoms with Gasteiger partial charge in [0.15, 0.2) is 9.84 Å². The van der Waals surface area contributed by atoms with E-state index in [2.05, 4.69) is 10.2 Å². The topological polar surface area (TPSA) is 153 Å². The number of primary amides is 1. The number of piperidine rings is 1. The first-order valence-electron chi connectivity index (χ1n) is 9.56. The molecule has 31 heavy (non-hydrogen) atoms. The van der Waals surface area contributed by atoms with E-state index in [1.54, 1.807) is 12.1 Å². The molecule has 164 valence electrons. The van der Waals surface area contributed by atoms with Crippen LogP contribution < -0.4 is 16.0 Å². The average molecular weight is 446 g/mol. The Kier molecular flexibility index (Phi) is 6.25. The van der Waals surface area contributed by atoms with Gasteiger partial charge in [0.2, 0.25) is 5.91 Å². The van der Waals surface area contributed by atoms with Gasteiger partial charge >= 0.3 is 0 Å². The maximum Gasteiger partial charge on any atom is 0.271 e. The van der Waals surface area contributed by atoms with Crippen molar-refractivity contribution >= 4 is 38.7 Å². The minimum Gasteiger partial charge on any atom is -0.370 e. The Bertz CT molecular complexity index is 1160. The molecule has 11 heteroatoms. The van der Waals surface area contributed by atoms with Crippen LogP contribution in [0.25, 0.3) is 0 Å². The molecule has 0 saturated carbocycles. The number of carbonyl (C=O) groups is 2. The number of amides is 2. The summed E-state index contributed by atoms with van der Waals surface area (Å²) in [6.45, 7) is 1.54. The second-order valence-electron chi connectivity index (χ2n) is 7.34. The highest BCUT2D eigenvalue weighted by Gasteiger charge is 2.22. The molecular formula is C20H22N4O6S. The molecular weight excluding hydrogens is 424 g/mol. The van der Waals surface area contributed by atoms with Gasteiger partial charge in [-0.25, -0.2) is 8.42 Å². The van der Waals surface area contributed by atoms with E-state index in [0.29, 0.717) is 11.4 Å². The van der Waals surface area contributed by atoms with Crippen LogP contribution in [-0.2, 0) is 9.84 Å². The fraction of sp³-hybridized carbons (Fsp3) is 0.300. The predicted octanol–water partition coefficient (Wildman–Crippen LogP) is 2.34. The lowest BCUT2D eigenvalue weighted by molar-refractivity contribution is -0.385. The second kappa shape index (κ2) is 8.72. The maximum absolute atomic E-state index is 12.9. The van der Waals surface area contributed by atoms with E-state index in [1.165, 1.54) is 6.07 Å². The molecule has 0 atom stereocenters. The van der Waals surface area contributed by atoms with Gasteiger partial charge in [-0.15, -0.1) is 0 Å². The third-order valence-corrected chi connectivity index (χ3v) is 6.11. The van der Waals surface area contributed by atoms with Crippen molar-refractivity contribution in [3.8, 4) is 0 Å². The van der Waals surface area contributed by atoms with Crippen LogP contribution in [0.4, 0.5) is 17.1 Å². The average Bonchev–Trinajstić information content (AvgIpc) is 2.73. The van der Waals surface area contributed by atoms with Crippen LogP contribution in [0.2, 0.25) is 0 Å². The molecule has 0 bridgehead atoms. The lowest BCUT2D eigenvalue weighted by atomic mass is 10.1. The van der Waals surface area contributed by atoms with E-state index in [9.17, 15) is 28.1 Å². The number of hydrogen-bond acceptors (Lipinski definition) is 7. The van der Waals surface area contributed by atoms with Crippen molar-refractivity contribution in [2.45, 2.75) is 24.2 Å². The van der Waals surface area contributed by atoms with Gasteiger partial charge in [0.05, 0.1) is 21.2 Å². The number of nitro benzene ring substituents is 1. The van der Waals surface area contributed by atoms with Crippen LogP contribution in [0.5, 0.6) is 0 Å². The Balaban J connectivity index is 2.02. The van der Waals surface area contributed by atoms with Gasteiger partial charge in [-0.3, -0.25) is 19.7 Å². The molecule has 0 unspecified atom stereocenters. The van der Waals surface area contributed by atoms with Gasteiger partial charge in [-0.2, -0.15) is 0 Å². The molecule has 2 aromatic rings. The largest absolute Gasteiger partial charge is 0.370 e. The van der Waals surface area contributed by atoms with Gasteiger partial charge in [-0.05, 0) is 43.5 Å². The van der Waals surface area contributed by atoms with Crippen molar-refractivity contribution in [2.24, 2.45) is 5.73 Å². The van der Waals surface area contributed by atoms with Crippen LogP contribution in [0, 0.1) is 10.1 Å². The first kappa shape index (κ1) is 22.2. The number of benzene rings is 2. The lowest BCUT2D eigenvalue weighted by Crippen LogP contribution is -2.30. The Hall–Kier alpha value is -3.47. The number of hydrogen-bond donors (Lipinski definition) is 2. The summed E-state index contributed by atoms with van der Waals surface area (Å²) in [5.41, 5.74) is 5.85. The monoisotopic (exact) mass is 446 g/mol. The van der Waals surface area contributed by atoms with Gasteiger partial charge in [0.1, 0.15) is 0 Å². The number of sulfone groups is 1. The van der Waals surface area contributed by atoms with Crippen LogP contribution in [0.3, 0.4) is 0 Å². The normalized spacial score (nSPS) is 14.2. The van der Waals surface area contributed by atoms with E-state index >= 15 is 0 Å². The maximum atomic E-state index is 12.9. The molecule has 3 rings (SSSR count). The molecule has 3 N–H and O–H groups in total. The molecule has 1 aliphatic heterocycles. The van der Waals surface area contributed by atoms with Crippen molar-refractivity contribution in [1.82, 2.24) is 0 Å². The molecule has 1 fully saturated rings. The minimum absolute atomic E-state index is 0.187. The number of nitrogens with one attached hydrogen (secondary N) is 1. The molecule has 1 heterocycles. The van der Waals surface area contributed by atoms with E-state index in [4.69, 9.17) is 5.73 Å². The molecule has 0 radical (unpaired) electrons. The number of nitro groups is 1. The number of non-ortho nitro benzene ring substituents is 1. The van der Waals surface area contributed by atoms with Gasteiger partial charge in [-0.1, -0.05) is 0 Å². The number of nitrogens with zero attached hydrogens (tertiary/aromatic N) is 2. The molecule has 2 amide bonds. The summed E-state index contributed by atoms with van der Waals surface area (Å²) < 4.78 is 23.8. The molecule has 0 aromatic heterocycles. The van der Waals surface area contributed by atoms with Gasteiger partial charge < -0.3 is 16.0 Å². The molecule has 10 nitrogen and oxygen atoms in total. The van der Waals surface area contributed by atoms with E-state index in [1.807, 2.05) is 0 Å². The fourth-order valence-electron chi connectivity index (χ4n) is 3.43. The Morgan fingerprint density at radius 3 is 2.32 bits per heavy atom. The van der Waals surface area contributed by atoms with Crippen LogP contribution in [-0.4, -0.2) is 44.5 Å². The summed E-state index contributed by atoms with van der Waals surface area (Å²) in [5.74, 6) is -1.41. The zero-order chi connectivity index (χ0) is 22.8. The molecule has 0 spiro atoms. The highest BCUT2D eigenvalue weighted by atomic mass is 32.2. The van der Waals surface area contributed by atoms with Crippen LogP contribution in [0.1, 0.15) is 40.0 Å². The van der Waals surface area contributed by atoms with Crippen molar-refractivity contribution in [3.63, 3.8) is 0 Å². The predicted molar refractivity (Wildman–Crippen MR) is 115 cm³/mol. The Morgan fingerprint density at radius 2 is 1.74 bits per heavy atom.